The zero-order chi connectivity index (χ0) is 29.7. The fraction of sp³-hybridized carbons (Fsp3) is 0.100. The predicted molar refractivity (Wildman–Crippen MR) is 146 cm³/mol. The van der Waals surface area contributed by atoms with Gasteiger partial charge in [-0.25, -0.2) is 14.4 Å². The molecule has 0 aliphatic carbocycles. The molecule has 5 aromatic rings. The van der Waals surface area contributed by atoms with E-state index < -0.39 is 35.8 Å². The molecule has 1 N–H and O–H groups in total. The molecule has 212 valence electrons. The number of nitrogens with zero attached hydrogens (tertiary/aromatic N) is 4. The first-order chi connectivity index (χ1) is 20.2. The molecule has 1 aromatic heterocycles. The lowest BCUT2D eigenvalue weighted by molar-refractivity contribution is -0.137. The van der Waals surface area contributed by atoms with Gasteiger partial charge in [0.1, 0.15) is 12.1 Å². The van der Waals surface area contributed by atoms with Gasteiger partial charge in [0.05, 0.1) is 16.8 Å². The van der Waals surface area contributed by atoms with Crippen molar-refractivity contribution >= 4 is 34.6 Å². The van der Waals surface area contributed by atoms with E-state index >= 15 is 0 Å². The van der Waals surface area contributed by atoms with Crippen molar-refractivity contribution in [3.63, 3.8) is 0 Å². The lowest BCUT2D eigenvalue weighted by atomic mass is 10.1. The molecule has 0 aliphatic heterocycles. The number of carbonyl (C=O) groups is 3. The molecule has 0 fully saturated rings. The van der Waals surface area contributed by atoms with Gasteiger partial charge < -0.3 is 4.74 Å². The van der Waals surface area contributed by atoms with Crippen LogP contribution in [0.25, 0.3) is 11.0 Å². The fourth-order valence-electron chi connectivity index (χ4n) is 4.16. The molecule has 1 unspecified atom stereocenters. The van der Waals surface area contributed by atoms with Gasteiger partial charge in [0.15, 0.2) is 0 Å². The van der Waals surface area contributed by atoms with Crippen LogP contribution in [0, 0.1) is 0 Å². The third-order valence-electron chi connectivity index (χ3n) is 6.22. The fourth-order valence-corrected chi connectivity index (χ4v) is 4.16. The number of ether oxygens (including phenoxy) is 1. The minimum Gasteiger partial charge on any atom is -0.445 e. The van der Waals surface area contributed by atoms with E-state index in [2.05, 4.69) is 15.6 Å². The number of halogens is 3. The van der Waals surface area contributed by atoms with E-state index in [-0.39, 0.29) is 17.9 Å². The second-order valence-corrected chi connectivity index (χ2v) is 9.02. The normalized spacial score (nSPS) is 12.0. The number of hydrogen-bond acceptors (Lipinski definition) is 6. The maximum Gasteiger partial charge on any atom is 0.416 e. The number of benzene rings is 4. The molecule has 9 nitrogen and oxygen atoms in total. The largest absolute Gasteiger partial charge is 0.445 e. The highest BCUT2D eigenvalue weighted by molar-refractivity contribution is 6.22. The van der Waals surface area contributed by atoms with Crippen LogP contribution >= 0.6 is 0 Å². The van der Waals surface area contributed by atoms with Crippen LogP contribution in [-0.2, 0) is 22.3 Å². The summed E-state index contributed by atoms with van der Waals surface area (Å²) >= 11 is 0. The van der Waals surface area contributed by atoms with Crippen molar-refractivity contribution in [2.45, 2.75) is 18.9 Å². The van der Waals surface area contributed by atoms with E-state index in [9.17, 15) is 27.6 Å². The van der Waals surface area contributed by atoms with Crippen molar-refractivity contribution in [1.29, 1.82) is 0 Å². The molecule has 4 aromatic carbocycles. The third kappa shape index (κ3) is 6.12. The van der Waals surface area contributed by atoms with Gasteiger partial charge in [-0.2, -0.15) is 13.2 Å². The number of para-hydroxylation sites is 2. The lowest BCUT2D eigenvalue weighted by Gasteiger charge is -2.27. The van der Waals surface area contributed by atoms with Crippen molar-refractivity contribution in [2.24, 2.45) is 0 Å². The number of hydrogen-bond donors (Lipinski definition) is 1. The quantitative estimate of drug-likeness (QED) is 0.266. The Labute approximate surface area is 237 Å². The van der Waals surface area contributed by atoms with Crippen molar-refractivity contribution in [3.05, 3.63) is 126 Å². The van der Waals surface area contributed by atoms with Gasteiger partial charge >= 0.3 is 12.3 Å². The minimum atomic E-state index is -4.61. The van der Waals surface area contributed by atoms with Crippen LogP contribution in [0.15, 0.2) is 109 Å². The number of aromatic nitrogens is 3. The van der Waals surface area contributed by atoms with E-state index in [1.165, 1.54) is 12.1 Å². The van der Waals surface area contributed by atoms with Crippen LogP contribution in [0.3, 0.4) is 0 Å². The van der Waals surface area contributed by atoms with Crippen molar-refractivity contribution in [3.8, 4) is 0 Å². The smallest absolute Gasteiger partial charge is 0.416 e. The zero-order valence-electron chi connectivity index (χ0n) is 21.7. The number of alkyl carbamates (subject to hydrolysis) is 1. The maximum atomic E-state index is 14.2. The van der Waals surface area contributed by atoms with Gasteiger partial charge in [0.25, 0.3) is 11.8 Å². The molecule has 0 bridgehead atoms. The summed E-state index contributed by atoms with van der Waals surface area (Å²) in [5.74, 6) is -1.88. The standard InChI is InChI=1S/C30H22F3N5O4/c31-30(32,33)22-17-15-21(16-18-22)27(39)37(23-11-5-2-6-12-23)28(40)26(38-25-14-8-7-13-24(25)35-36-38)34-29(41)42-19-20-9-3-1-4-10-20/h1-18,26H,19H2,(H,34,41). The molecule has 3 amide bonds. The number of nitrogens with one attached hydrogen (secondary N) is 1. The Morgan fingerprint density at radius 3 is 2.12 bits per heavy atom. The summed E-state index contributed by atoms with van der Waals surface area (Å²) in [6, 6.07) is 26.8. The summed E-state index contributed by atoms with van der Waals surface area (Å²) in [6.07, 6.45) is -7.22. The van der Waals surface area contributed by atoms with Gasteiger partial charge in [0.2, 0.25) is 6.17 Å². The minimum absolute atomic E-state index is 0.0986. The van der Waals surface area contributed by atoms with Gasteiger partial charge in [-0.1, -0.05) is 65.9 Å². The van der Waals surface area contributed by atoms with Gasteiger partial charge in [-0.15, -0.1) is 5.10 Å². The maximum absolute atomic E-state index is 14.2. The Balaban J connectivity index is 1.52. The Hall–Kier alpha value is -5.52. The Kier molecular flexibility index (Phi) is 7.96. The first kappa shape index (κ1) is 28.0. The third-order valence-corrected chi connectivity index (χ3v) is 6.22. The predicted octanol–water partition coefficient (Wildman–Crippen LogP) is 5.75. The molecular weight excluding hydrogens is 551 g/mol. The lowest BCUT2D eigenvalue weighted by Crippen LogP contribution is -2.48. The Morgan fingerprint density at radius 1 is 0.833 bits per heavy atom. The number of fused-ring (bicyclic) bond motifs is 1. The second kappa shape index (κ2) is 11.9. The van der Waals surface area contributed by atoms with Crippen molar-refractivity contribution in [2.75, 3.05) is 4.90 Å². The summed E-state index contributed by atoms with van der Waals surface area (Å²) in [5, 5.41) is 10.6. The summed E-state index contributed by atoms with van der Waals surface area (Å²) < 4.78 is 45.9. The number of amides is 3. The van der Waals surface area contributed by atoms with Crippen LogP contribution in [0.4, 0.5) is 23.7 Å². The molecule has 0 spiro atoms. The van der Waals surface area contributed by atoms with E-state index in [4.69, 9.17) is 4.74 Å². The number of anilines is 1. The summed E-state index contributed by atoms with van der Waals surface area (Å²) in [5.41, 5.74) is 0.455. The molecule has 1 atom stereocenters. The molecule has 0 radical (unpaired) electrons. The van der Waals surface area contributed by atoms with E-state index in [1.54, 1.807) is 72.8 Å². The molecule has 0 aliphatic rings. The van der Waals surface area contributed by atoms with Crippen molar-refractivity contribution < 1.29 is 32.3 Å². The number of carbonyl (C=O) groups excluding carboxylic acids is 3. The first-order valence-corrected chi connectivity index (χ1v) is 12.6. The Morgan fingerprint density at radius 2 is 1.45 bits per heavy atom. The summed E-state index contributed by atoms with van der Waals surface area (Å²) in [4.78, 5) is 41.6. The SMILES string of the molecule is O=C(NC(C(=O)N(C(=O)c1ccc(C(F)(F)F)cc1)c1ccccc1)n1nnc2ccccc21)OCc1ccccc1. The van der Waals surface area contributed by atoms with Crippen LogP contribution in [0.2, 0.25) is 0 Å². The summed E-state index contributed by atoms with van der Waals surface area (Å²) in [7, 11) is 0. The zero-order valence-corrected chi connectivity index (χ0v) is 21.7. The molecule has 0 saturated heterocycles. The topological polar surface area (TPSA) is 106 Å². The molecule has 12 heteroatoms. The van der Waals surface area contributed by atoms with Gasteiger partial charge in [-0.05, 0) is 54.1 Å². The second-order valence-electron chi connectivity index (χ2n) is 9.02. The highest BCUT2D eigenvalue weighted by Gasteiger charge is 2.36. The molecule has 42 heavy (non-hydrogen) atoms. The first-order valence-electron chi connectivity index (χ1n) is 12.6. The Bertz CT molecular complexity index is 1710. The molecular formula is C30H22F3N5O4. The highest BCUT2D eigenvalue weighted by atomic mass is 19.4. The van der Waals surface area contributed by atoms with E-state index in [0.29, 0.717) is 16.6 Å². The van der Waals surface area contributed by atoms with E-state index in [1.807, 2.05) is 0 Å². The number of rotatable bonds is 7. The van der Waals surface area contributed by atoms with Crippen molar-refractivity contribution in [1.82, 2.24) is 20.3 Å². The summed E-state index contributed by atoms with van der Waals surface area (Å²) in [6.45, 7) is -0.0986. The van der Waals surface area contributed by atoms with Gasteiger partial charge in [-0.3, -0.25) is 14.9 Å². The number of alkyl halides is 3. The monoisotopic (exact) mass is 573 g/mol. The van der Waals surface area contributed by atoms with E-state index in [0.717, 1.165) is 33.8 Å². The highest BCUT2D eigenvalue weighted by Crippen LogP contribution is 2.30. The van der Waals surface area contributed by atoms with Gasteiger partial charge in [0, 0.05) is 5.56 Å². The van der Waals surface area contributed by atoms with Crippen LogP contribution in [-0.4, -0.2) is 32.9 Å². The van der Waals surface area contributed by atoms with Crippen LogP contribution in [0.1, 0.15) is 27.7 Å². The molecule has 0 saturated carbocycles. The van der Waals surface area contributed by atoms with Crippen LogP contribution in [0.5, 0.6) is 0 Å². The molecule has 1 heterocycles. The number of imide groups is 1. The average Bonchev–Trinajstić information content (AvgIpc) is 3.43. The van der Waals surface area contributed by atoms with Crippen LogP contribution < -0.4 is 10.2 Å². The molecule has 5 rings (SSSR count). The average molecular weight is 574 g/mol.